The molecule has 5 rings (SSSR count). The van der Waals surface area contributed by atoms with Crippen LogP contribution in [0.2, 0.25) is 0 Å². The minimum Gasteiger partial charge on any atom is -0.507 e. The highest BCUT2D eigenvalue weighted by atomic mass is 16.3. The fourth-order valence-corrected chi connectivity index (χ4v) is 6.66. The second-order valence-corrected chi connectivity index (χ2v) is 10.6. The summed E-state index contributed by atoms with van der Waals surface area (Å²) in [6, 6.07) is 8.92. The molecule has 2 unspecified atom stereocenters. The van der Waals surface area contributed by atoms with E-state index in [0.29, 0.717) is 16.7 Å². The molecule has 6 atom stereocenters. The van der Waals surface area contributed by atoms with Crippen molar-refractivity contribution < 1.29 is 39.3 Å². The smallest absolute Gasteiger partial charge is 0.235 e. The van der Waals surface area contributed by atoms with Gasteiger partial charge >= 0.3 is 0 Å². The molecule has 0 aromatic heterocycles. The third kappa shape index (κ3) is 3.48. The molecule has 3 aliphatic carbocycles. The number of rotatable bonds is 4. The Bertz CT molecular complexity index is 1400. The van der Waals surface area contributed by atoms with E-state index in [9.17, 15) is 39.3 Å². The number of amides is 1. The minimum absolute atomic E-state index is 0.0115. The van der Waals surface area contributed by atoms with Gasteiger partial charge in [0, 0.05) is 5.92 Å². The lowest BCUT2D eigenvalue weighted by atomic mass is 9.52. The standard InChI is InChI=1S/C28H28N2O8/c1-30(2)22-17-10-14-9-16-15(13-5-3-12(11-31)4-6-13)7-8-18(32)20(16)23(33)19(14)25(35)28(17,38)26(36)21(24(22)34)27(29)37/h3-8,14,17,19,21-22,31-32,38H,9-11H2,1-2H3,(H2,29,37)/t14-,17-,19?,21?,22-,28-/m0/s1. The van der Waals surface area contributed by atoms with Gasteiger partial charge in [-0.1, -0.05) is 30.3 Å². The number of hydrogen-bond acceptors (Lipinski definition) is 9. The average molecular weight is 521 g/mol. The number of aromatic hydroxyl groups is 1. The number of phenols is 1. The Morgan fingerprint density at radius 3 is 2.29 bits per heavy atom. The first-order valence-corrected chi connectivity index (χ1v) is 12.3. The highest BCUT2D eigenvalue weighted by molar-refractivity contribution is 6.32. The lowest BCUT2D eigenvalue weighted by Crippen LogP contribution is -2.74. The van der Waals surface area contributed by atoms with E-state index in [2.05, 4.69) is 0 Å². The lowest BCUT2D eigenvalue weighted by Gasteiger charge is -2.52. The Balaban J connectivity index is 1.64. The van der Waals surface area contributed by atoms with Crippen molar-refractivity contribution in [1.29, 1.82) is 0 Å². The predicted molar refractivity (Wildman–Crippen MR) is 133 cm³/mol. The molecule has 10 nitrogen and oxygen atoms in total. The Hall–Kier alpha value is -3.73. The van der Waals surface area contributed by atoms with Gasteiger partial charge in [-0.25, -0.2) is 0 Å². The van der Waals surface area contributed by atoms with Gasteiger partial charge in [-0.15, -0.1) is 0 Å². The zero-order valence-electron chi connectivity index (χ0n) is 20.9. The van der Waals surface area contributed by atoms with Crippen LogP contribution in [0.1, 0.15) is 27.9 Å². The largest absolute Gasteiger partial charge is 0.507 e. The lowest BCUT2D eigenvalue weighted by molar-refractivity contribution is -0.181. The Kier molecular flexibility index (Phi) is 6.09. The van der Waals surface area contributed by atoms with Crippen molar-refractivity contribution in [1.82, 2.24) is 4.90 Å². The van der Waals surface area contributed by atoms with E-state index in [4.69, 9.17) is 5.73 Å². The van der Waals surface area contributed by atoms with Gasteiger partial charge in [0.15, 0.2) is 34.7 Å². The van der Waals surface area contributed by atoms with Gasteiger partial charge in [0.25, 0.3) is 0 Å². The van der Waals surface area contributed by atoms with Crippen LogP contribution in [0.5, 0.6) is 5.75 Å². The summed E-state index contributed by atoms with van der Waals surface area (Å²) in [5, 5.41) is 31.7. The fourth-order valence-electron chi connectivity index (χ4n) is 6.66. The number of carbonyl (C=O) groups excluding carboxylic acids is 5. The van der Waals surface area contributed by atoms with Crippen molar-refractivity contribution in [3.8, 4) is 16.9 Å². The van der Waals surface area contributed by atoms with Crippen molar-refractivity contribution >= 4 is 29.0 Å². The van der Waals surface area contributed by atoms with E-state index >= 15 is 0 Å². The van der Waals surface area contributed by atoms with E-state index in [1.54, 1.807) is 44.4 Å². The van der Waals surface area contributed by atoms with Gasteiger partial charge in [0.2, 0.25) is 5.91 Å². The maximum absolute atomic E-state index is 13.8. The number of primary amides is 1. The summed E-state index contributed by atoms with van der Waals surface area (Å²) in [7, 11) is 3.09. The summed E-state index contributed by atoms with van der Waals surface area (Å²) in [5.74, 6) is -10.7. The maximum atomic E-state index is 13.8. The molecule has 38 heavy (non-hydrogen) atoms. The zero-order valence-corrected chi connectivity index (χ0v) is 20.9. The quantitative estimate of drug-likeness (QED) is 0.405. The van der Waals surface area contributed by atoms with E-state index in [1.807, 2.05) is 0 Å². The monoisotopic (exact) mass is 520 g/mol. The molecule has 2 fully saturated rings. The van der Waals surface area contributed by atoms with Crippen molar-refractivity contribution in [2.45, 2.75) is 31.1 Å². The minimum atomic E-state index is -2.75. The summed E-state index contributed by atoms with van der Waals surface area (Å²) in [6.07, 6.45) is 0.166. The first-order valence-electron chi connectivity index (χ1n) is 12.3. The van der Waals surface area contributed by atoms with Crippen LogP contribution < -0.4 is 5.73 Å². The molecule has 2 aromatic rings. The number of hydrogen-bond donors (Lipinski definition) is 4. The van der Waals surface area contributed by atoms with Gasteiger partial charge in [-0.05, 0) is 61.2 Å². The van der Waals surface area contributed by atoms with E-state index in [-0.39, 0.29) is 30.8 Å². The van der Waals surface area contributed by atoms with Crippen LogP contribution >= 0.6 is 0 Å². The van der Waals surface area contributed by atoms with Gasteiger partial charge in [0.1, 0.15) is 5.75 Å². The van der Waals surface area contributed by atoms with Crippen LogP contribution in [0.15, 0.2) is 36.4 Å². The van der Waals surface area contributed by atoms with Gasteiger partial charge in [-0.3, -0.25) is 28.9 Å². The molecule has 0 saturated heterocycles. The number of Topliss-reactive ketones (excluding diaryl/α,β-unsaturated/α-hetero) is 4. The molecule has 0 spiro atoms. The van der Waals surface area contributed by atoms with Crippen LogP contribution in [0.3, 0.4) is 0 Å². The summed E-state index contributed by atoms with van der Waals surface area (Å²) in [6.45, 7) is -0.135. The third-order valence-corrected chi connectivity index (χ3v) is 8.39. The molecule has 1 amide bonds. The Morgan fingerprint density at radius 2 is 1.71 bits per heavy atom. The predicted octanol–water partition coefficient (Wildman–Crippen LogP) is 0.0263. The molecule has 10 heteroatoms. The van der Waals surface area contributed by atoms with Crippen LogP contribution in [-0.4, -0.2) is 75.0 Å². The summed E-state index contributed by atoms with van der Waals surface area (Å²) < 4.78 is 0. The number of nitrogens with two attached hydrogens (primary N) is 1. The third-order valence-electron chi connectivity index (χ3n) is 8.39. The number of ketones is 4. The second-order valence-electron chi connectivity index (χ2n) is 10.6. The van der Waals surface area contributed by atoms with Crippen LogP contribution in [-0.2, 0) is 32.2 Å². The van der Waals surface area contributed by atoms with Gasteiger partial charge in [-0.2, -0.15) is 0 Å². The molecule has 3 aliphatic rings. The molecular weight excluding hydrogens is 492 g/mol. The first kappa shape index (κ1) is 25.9. The fraction of sp³-hybridized carbons (Fsp3) is 0.393. The molecule has 198 valence electrons. The molecule has 5 N–H and O–H groups in total. The molecule has 0 radical (unpaired) electrons. The number of nitrogens with zero attached hydrogens (tertiary/aromatic N) is 1. The van der Waals surface area contributed by atoms with E-state index < -0.39 is 64.4 Å². The Labute approximate surface area is 218 Å². The van der Waals surface area contributed by atoms with Crippen LogP contribution in [0.25, 0.3) is 11.1 Å². The normalized spacial score (nSPS) is 30.6. The number of likely N-dealkylation sites (N-methyl/N-ethyl adjacent to an activating group) is 1. The molecule has 0 heterocycles. The number of phenolic OH excluding ortho intramolecular Hbond substituents is 1. The molecule has 0 aliphatic heterocycles. The highest BCUT2D eigenvalue weighted by Gasteiger charge is 2.69. The number of aliphatic hydroxyl groups excluding tert-OH is 1. The molecule has 0 bridgehead atoms. The number of benzene rings is 2. The van der Waals surface area contributed by atoms with E-state index in [0.717, 1.165) is 5.56 Å². The SMILES string of the molecule is CN(C)[C@@H]1C(=O)C(C(N)=O)C(=O)[C@@]2(O)C(=O)C3C(=O)c4c(O)ccc(-c5ccc(CO)cc5)c4C[C@H]3C[C@@H]12. The highest BCUT2D eigenvalue weighted by Crippen LogP contribution is 2.51. The number of carbonyl (C=O) groups is 5. The van der Waals surface area contributed by atoms with Crippen molar-refractivity contribution in [2.75, 3.05) is 14.1 Å². The summed E-state index contributed by atoms with van der Waals surface area (Å²) in [4.78, 5) is 67.6. The van der Waals surface area contributed by atoms with Crippen LogP contribution in [0.4, 0.5) is 0 Å². The number of aliphatic hydroxyl groups is 2. The van der Waals surface area contributed by atoms with Gasteiger partial charge < -0.3 is 21.1 Å². The van der Waals surface area contributed by atoms with Crippen molar-refractivity contribution in [3.63, 3.8) is 0 Å². The average Bonchev–Trinajstić information content (AvgIpc) is 2.86. The van der Waals surface area contributed by atoms with Crippen molar-refractivity contribution in [3.05, 3.63) is 53.1 Å². The zero-order chi connectivity index (χ0) is 27.7. The van der Waals surface area contributed by atoms with E-state index in [1.165, 1.54) is 11.0 Å². The second kappa shape index (κ2) is 8.93. The molecule has 2 aromatic carbocycles. The topological polar surface area (TPSA) is 175 Å². The summed E-state index contributed by atoms with van der Waals surface area (Å²) in [5.41, 5.74) is 5.16. The maximum Gasteiger partial charge on any atom is 0.235 e. The molecular formula is C28H28N2O8. The number of fused-ring (bicyclic) bond motifs is 3. The summed E-state index contributed by atoms with van der Waals surface area (Å²) >= 11 is 0. The van der Waals surface area contributed by atoms with Crippen LogP contribution in [0, 0.1) is 23.7 Å². The van der Waals surface area contributed by atoms with Crippen molar-refractivity contribution in [2.24, 2.45) is 29.4 Å². The first-order chi connectivity index (χ1) is 17.9. The Morgan fingerprint density at radius 1 is 1.05 bits per heavy atom. The molecule has 2 saturated carbocycles. The van der Waals surface area contributed by atoms with Gasteiger partial charge in [0.05, 0.1) is 24.1 Å².